The standard InChI is InChI=1S/C20H20N4O4S/c1-12-17(19(25)21-15-9-4-5-10-16(15)28-3)18(22-20(29)23(12)2)13-7-6-8-14(11-13)24(26)27/h4-11,18H,1-3H3,(H,21,25)(H,22,29)/t18-/m0/s1. The van der Waals surface area contributed by atoms with Gasteiger partial charge in [0.15, 0.2) is 5.11 Å². The van der Waals surface area contributed by atoms with Gasteiger partial charge >= 0.3 is 0 Å². The summed E-state index contributed by atoms with van der Waals surface area (Å²) in [7, 11) is 3.28. The van der Waals surface area contributed by atoms with Gasteiger partial charge in [-0.05, 0) is 36.8 Å². The molecular weight excluding hydrogens is 392 g/mol. The summed E-state index contributed by atoms with van der Waals surface area (Å²) in [6, 6.07) is 12.6. The van der Waals surface area contributed by atoms with Gasteiger partial charge in [-0.25, -0.2) is 0 Å². The maximum absolute atomic E-state index is 13.2. The summed E-state index contributed by atoms with van der Waals surface area (Å²) in [6.45, 7) is 1.79. The molecule has 150 valence electrons. The third kappa shape index (κ3) is 4.04. The van der Waals surface area contributed by atoms with Gasteiger partial charge in [-0.15, -0.1) is 0 Å². The van der Waals surface area contributed by atoms with Gasteiger partial charge in [0.1, 0.15) is 5.75 Å². The van der Waals surface area contributed by atoms with Gasteiger partial charge in [0.2, 0.25) is 0 Å². The summed E-state index contributed by atoms with van der Waals surface area (Å²) in [5.74, 6) is 0.170. The van der Waals surface area contributed by atoms with Crippen LogP contribution in [0.2, 0.25) is 0 Å². The van der Waals surface area contributed by atoms with E-state index in [-0.39, 0.29) is 11.6 Å². The molecule has 1 amide bonds. The Labute approximate surface area is 173 Å². The summed E-state index contributed by atoms with van der Waals surface area (Å²) < 4.78 is 5.30. The SMILES string of the molecule is COc1ccccc1NC(=O)C1=C(C)N(C)C(=S)N[C@H]1c1cccc([N+](=O)[O-])c1. The third-order valence-corrected chi connectivity index (χ3v) is 5.16. The molecule has 2 N–H and O–H groups in total. The predicted molar refractivity (Wildman–Crippen MR) is 114 cm³/mol. The number of allylic oxidation sites excluding steroid dienone is 1. The zero-order valence-corrected chi connectivity index (χ0v) is 16.9. The van der Waals surface area contributed by atoms with Crippen LogP contribution in [0.4, 0.5) is 11.4 Å². The Morgan fingerprint density at radius 2 is 2.00 bits per heavy atom. The minimum Gasteiger partial charge on any atom is -0.495 e. The number of nitrogens with zero attached hydrogens (tertiary/aromatic N) is 2. The van der Waals surface area contributed by atoms with Crippen LogP contribution in [0.3, 0.4) is 0 Å². The Bertz CT molecular complexity index is 1020. The summed E-state index contributed by atoms with van der Waals surface area (Å²) in [5.41, 5.74) is 2.09. The van der Waals surface area contributed by atoms with Crippen LogP contribution >= 0.6 is 12.2 Å². The van der Waals surface area contributed by atoms with Gasteiger partial charge in [0, 0.05) is 24.9 Å². The van der Waals surface area contributed by atoms with Gasteiger partial charge in [-0.1, -0.05) is 24.3 Å². The molecule has 8 nitrogen and oxygen atoms in total. The number of amides is 1. The fourth-order valence-electron chi connectivity index (χ4n) is 3.14. The molecule has 0 spiro atoms. The highest BCUT2D eigenvalue weighted by atomic mass is 32.1. The van der Waals surface area contributed by atoms with Crippen molar-refractivity contribution in [2.24, 2.45) is 0 Å². The molecule has 0 aliphatic carbocycles. The molecule has 1 atom stereocenters. The second kappa shape index (κ2) is 8.27. The minimum atomic E-state index is -0.631. The molecule has 2 aromatic rings. The number of para-hydroxylation sites is 2. The first-order chi connectivity index (χ1) is 13.8. The quantitative estimate of drug-likeness (QED) is 0.441. The van der Waals surface area contributed by atoms with Crippen LogP contribution in [0, 0.1) is 10.1 Å². The van der Waals surface area contributed by atoms with E-state index in [1.54, 1.807) is 55.3 Å². The first kappa shape index (κ1) is 20.3. The van der Waals surface area contributed by atoms with E-state index in [2.05, 4.69) is 10.6 Å². The molecule has 0 fully saturated rings. The molecule has 0 aromatic heterocycles. The van der Waals surface area contributed by atoms with Crippen molar-refractivity contribution in [3.05, 3.63) is 75.5 Å². The number of methoxy groups -OCH3 is 1. The molecule has 1 heterocycles. The van der Waals surface area contributed by atoms with Crippen molar-refractivity contribution in [1.82, 2.24) is 10.2 Å². The molecule has 1 aliphatic rings. The van der Waals surface area contributed by atoms with E-state index in [1.807, 2.05) is 0 Å². The van der Waals surface area contributed by atoms with Crippen LogP contribution < -0.4 is 15.4 Å². The number of non-ortho nitro benzene ring substituents is 1. The first-order valence-corrected chi connectivity index (χ1v) is 9.18. The van der Waals surface area contributed by atoms with Crippen LogP contribution in [-0.2, 0) is 4.79 Å². The second-order valence-electron chi connectivity index (χ2n) is 6.45. The molecule has 0 saturated heterocycles. The second-order valence-corrected chi connectivity index (χ2v) is 6.83. The number of thiocarbonyl (C=S) groups is 1. The highest BCUT2D eigenvalue weighted by molar-refractivity contribution is 7.80. The summed E-state index contributed by atoms with van der Waals surface area (Å²) >= 11 is 5.37. The van der Waals surface area contributed by atoms with E-state index in [1.165, 1.54) is 19.2 Å². The van der Waals surface area contributed by atoms with Crippen LogP contribution in [0.15, 0.2) is 59.8 Å². The summed E-state index contributed by atoms with van der Waals surface area (Å²) in [4.78, 5) is 25.6. The lowest BCUT2D eigenvalue weighted by Crippen LogP contribution is -2.46. The topological polar surface area (TPSA) is 96.7 Å². The number of nitro benzene ring substituents is 1. The number of carbonyl (C=O) groups excluding carboxylic acids is 1. The molecular formula is C20H20N4O4S. The highest BCUT2D eigenvalue weighted by Gasteiger charge is 2.33. The highest BCUT2D eigenvalue weighted by Crippen LogP contribution is 2.33. The molecule has 0 saturated carbocycles. The fraction of sp³-hybridized carbons (Fsp3) is 0.200. The first-order valence-electron chi connectivity index (χ1n) is 8.77. The van der Waals surface area contributed by atoms with E-state index in [9.17, 15) is 14.9 Å². The van der Waals surface area contributed by atoms with Crippen molar-refractivity contribution in [1.29, 1.82) is 0 Å². The third-order valence-electron chi connectivity index (χ3n) is 4.77. The van der Waals surface area contributed by atoms with Crippen LogP contribution in [0.5, 0.6) is 5.75 Å². The molecule has 2 aromatic carbocycles. The van der Waals surface area contributed by atoms with Crippen LogP contribution in [0.25, 0.3) is 0 Å². The van der Waals surface area contributed by atoms with E-state index in [0.29, 0.717) is 33.4 Å². The van der Waals surface area contributed by atoms with Crippen LogP contribution in [-0.4, -0.2) is 35.0 Å². The minimum absolute atomic E-state index is 0.0590. The smallest absolute Gasteiger partial charge is 0.269 e. The summed E-state index contributed by atoms with van der Waals surface area (Å²) in [5, 5.41) is 17.6. The lowest BCUT2D eigenvalue weighted by atomic mass is 9.94. The van der Waals surface area contributed by atoms with E-state index < -0.39 is 11.0 Å². The van der Waals surface area contributed by atoms with E-state index in [4.69, 9.17) is 17.0 Å². The number of hydrogen-bond acceptors (Lipinski definition) is 5. The number of carbonyl (C=O) groups is 1. The number of anilines is 1. The van der Waals surface area contributed by atoms with Gasteiger partial charge < -0.3 is 20.3 Å². The zero-order chi connectivity index (χ0) is 21.1. The average molecular weight is 412 g/mol. The number of nitrogens with one attached hydrogen (secondary N) is 2. The number of hydrogen-bond donors (Lipinski definition) is 2. The normalized spacial score (nSPS) is 16.3. The van der Waals surface area contributed by atoms with Crippen molar-refractivity contribution >= 4 is 34.6 Å². The van der Waals surface area contributed by atoms with Crippen LogP contribution in [0.1, 0.15) is 18.5 Å². The van der Waals surface area contributed by atoms with Crippen molar-refractivity contribution in [2.75, 3.05) is 19.5 Å². The van der Waals surface area contributed by atoms with Crippen molar-refractivity contribution in [2.45, 2.75) is 13.0 Å². The predicted octanol–water partition coefficient (Wildman–Crippen LogP) is 3.38. The van der Waals surface area contributed by atoms with Gasteiger partial charge in [-0.3, -0.25) is 14.9 Å². The molecule has 1 aliphatic heterocycles. The molecule has 29 heavy (non-hydrogen) atoms. The molecule has 0 unspecified atom stereocenters. The Kier molecular flexibility index (Phi) is 5.79. The molecule has 0 bridgehead atoms. The largest absolute Gasteiger partial charge is 0.495 e. The Balaban J connectivity index is 2.04. The zero-order valence-electron chi connectivity index (χ0n) is 16.1. The maximum Gasteiger partial charge on any atom is 0.269 e. The Hall–Kier alpha value is -3.46. The molecule has 3 rings (SSSR count). The van der Waals surface area contributed by atoms with Gasteiger partial charge in [0.05, 0.1) is 29.3 Å². The van der Waals surface area contributed by atoms with E-state index in [0.717, 1.165) is 0 Å². The summed E-state index contributed by atoms with van der Waals surface area (Å²) in [6.07, 6.45) is 0. The number of ether oxygens (including phenoxy) is 1. The number of benzene rings is 2. The Morgan fingerprint density at radius 1 is 1.28 bits per heavy atom. The lowest BCUT2D eigenvalue weighted by molar-refractivity contribution is -0.384. The Morgan fingerprint density at radius 3 is 2.69 bits per heavy atom. The monoisotopic (exact) mass is 412 g/mol. The fourth-order valence-corrected chi connectivity index (χ4v) is 3.39. The van der Waals surface area contributed by atoms with Gasteiger partial charge in [0.25, 0.3) is 11.6 Å². The average Bonchev–Trinajstić information content (AvgIpc) is 2.72. The van der Waals surface area contributed by atoms with Gasteiger partial charge in [-0.2, -0.15) is 0 Å². The van der Waals surface area contributed by atoms with E-state index >= 15 is 0 Å². The van der Waals surface area contributed by atoms with Crippen molar-refractivity contribution in [3.63, 3.8) is 0 Å². The number of rotatable bonds is 5. The van der Waals surface area contributed by atoms with Crippen molar-refractivity contribution < 1.29 is 14.5 Å². The maximum atomic E-state index is 13.2. The number of nitro groups is 1. The molecule has 9 heteroatoms. The van der Waals surface area contributed by atoms with Crippen molar-refractivity contribution in [3.8, 4) is 5.75 Å². The lowest BCUT2D eigenvalue weighted by Gasteiger charge is -2.35. The molecule has 0 radical (unpaired) electrons.